The number of carbonyl (C=O) groups excluding carboxylic acids is 1. The first-order chi connectivity index (χ1) is 15.0. The molecule has 156 valence electrons. The average Bonchev–Trinajstić information content (AvgIpc) is 3.61. The molecule has 0 unspecified atom stereocenters. The van der Waals surface area contributed by atoms with Gasteiger partial charge in [-0.3, -0.25) is 4.79 Å². The topological polar surface area (TPSA) is 62.2 Å². The van der Waals surface area contributed by atoms with Crippen molar-refractivity contribution < 1.29 is 4.79 Å². The van der Waals surface area contributed by atoms with Crippen molar-refractivity contribution in [3.8, 4) is 0 Å². The van der Waals surface area contributed by atoms with E-state index >= 15 is 0 Å². The van der Waals surface area contributed by atoms with Crippen LogP contribution in [-0.2, 0) is 6.42 Å². The van der Waals surface area contributed by atoms with E-state index in [1.165, 1.54) is 12.8 Å². The lowest BCUT2D eigenvalue weighted by molar-refractivity contribution is 0.0827. The van der Waals surface area contributed by atoms with Gasteiger partial charge in [-0.1, -0.05) is 24.3 Å². The highest BCUT2D eigenvalue weighted by molar-refractivity contribution is 6.10. The van der Waals surface area contributed by atoms with E-state index in [4.69, 9.17) is 9.97 Å². The van der Waals surface area contributed by atoms with Gasteiger partial charge in [0.15, 0.2) is 5.82 Å². The third-order valence-corrected chi connectivity index (χ3v) is 5.85. The molecule has 0 atom stereocenters. The van der Waals surface area contributed by atoms with Crippen molar-refractivity contribution in [3.63, 3.8) is 0 Å². The molecule has 0 spiro atoms. The summed E-state index contributed by atoms with van der Waals surface area (Å²) in [6, 6.07) is 15.8. The fourth-order valence-corrected chi connectivity index (χ4v) is 3.88. The number of amides is 1. The summed E-state index contributed by atoms with van der Waals surface area (Å²) in [4.78, 5) is 30.7. The summed E-state index contributed by atoms with van der Waals surface area (Å²) in [5.74, 6) is 2.31. The summed E-state index contributed by atoms with van der Waals surface area (Å²) >= 11 is 0. The number of carbonyl (C=O) groups is 1. The fourth-order valence-electron chi connectivity index (χ4n) is 3.88. The van der Waals surface area contributed by atoms with Crippen molar-refractivity contribution >= 4 is 39.2 Å². The normalized spacial score (nSPS) is 13.5. The van der Waals surface area contributed by atoms with Crippen LogP contribution >= 0.6 is 0 Å². The van der Waals surface area contributed by atoms with Gasteiger partial charge in [0.25, 0.3) is 5.91 Å². The van der Waals surface area contributed by atoms with E-state index in [9.17, 15) is 4.79 Å². The number of hydrogen-bond donors (Lipinski definition) is 0. The second kappa shape index (κ2) is 7.61. The van der Waals surface area contributed by atoms with Gasteiger partial charge in [-0.2, -0.15) is 0 Å². The van der Waals surface area contributed by atoms with Crippen LogP contribution in [0.25, 0.3) is 21.8 Å². The molecule has 0 N–H and O–H groups in total. The highest BCUT2D eigenvalue weighted by atomic mass is 16.2. The zero-order valence-corrected chi connectivity index (χ0v) is 18.0. The van der Waals surface area contributed by atoms with Crippen LogP contribution < -0.4 is 4.90 Å². The molecule has 2 aromatic heterocycles. The molecule has 1 saturated carbocycles. The first-order valence-electron chi connectivity index (χ1n) is 10.6. The zero-order chi connectivity index (χ0) is 21.5. The Hall–Kier alpha value is -3.54. The molecule has 1 aliphatic rings. The van der Waals surface area contributed by atoms with Gasteiger partial charge < -0.3 is 9.80 Å². The Bertz CT molecular complexity index is 1280. The Morgan fingerprint density at radius 3 is 2.48 bits per heavy atom. The van der Waals surface area contributed by atoms with Crippen LogP contribution in [0.3, 0.4) is 0 Å². The Balaban J connectivity index is 1.73. The predicted octanol–water partition coefficient (Wildman–Crippen LogP) is 4.60. The zero-order valence-electron chi connectivity index (χ0n) is 18.0. The van der Waals surface area contributed by atoms with E-state index in [1.807, 2.05) is 49.6 Å². The summed E-state index contributed by atoms with van der Waals surface area (Å²) in [7, 11) is 5.51. The lowest BCUT2D eigenvalue weighted by atomic mass is 10.1. The molecule has 31 heavy (non-hydrogen) atoms. The predicted molar refractivity (Wildman–Crippen MR) is 124 cm³/mol. The average molecular weight is 412 g/mol. The lowest BCUT2D eigenvalue weighted by Crippen LogP contribution is -2.21. The minimum atomic E-state index is -0.0437. The smallest absolute Gasteiger partial charge is 0.253 e. The molecule has 6 nitrogen and oxygen atoms in total. The van der Waals surface area contributed by atoms with Gasteiger partial charge >= 0.3 is 0 Å². The molecule has 0 radical (unpaired) electrons. The molecule has 0 saturated heterocycles. The molecule has 2 aromatic carbocycles. The summed E-state index contributed by atoms with van der Waals surface area (Å²) in [6.45, 7) is 0. The number of rotatable bonds is 5. The number of para-hydroxylation sites is 1. The van der Waals surface area contributed by atoms with Crippen LogP contribution in [-0.4, -0.2) is 46.9 Å². The highest BCUT2D eigenvalue weighted by Crippen LogP contribution is 2.35. The molecule has 1 fully saturated rings. The van der Waals surface area contributed by atoms with Crippen molar-refractivity contribution in [2.24, 2.45) is 5.92 Å². The SMILES string of the molecule is CN(C)C(=O)c1ccc2c(c1)nc(N(C)c1ccccc1)c1nc(CC3CC3)ncc12. The fraction of sp³-hybridized carbons (Fsp3) is 0.280. The Kier molecular flexibility index (Phi) is 4.77. The third-order valence-electron chi connectivity index (χ3n) is 5.85. The lowest BCUT2D eigenvalue weighted by Gasteiger charge is -2.21. The van der Waals surface area contributed by atoms with Crippen molar-refractivity contribution in [1.29, 1.82) is 0 Å². The summed E-state index contributed by atoms with van der Waals surface area (Å²) in [5.41, 5.74) is 3.25. The highest BCUT2D eigenvalue weighted by Gasteiger charge is 2.24. The number of fused-ring (bicyclic) bond motifs is 3. The minimum Gasteiger partial charge on any atom is -0.345 e. The maximum absolute atomic E-state index is 12.5. The molecule has 5 rings (SSSR count). The Morgan fingerprint density at radius 1 is 1.00 bits per heavy atom. The van der Waals surface area contributed by atoms with E-state index in [0.29, 0.717) is 11.5 Å². The molecule has 0 aliphatic heterocycles. The summed E-state index contributed by atoms with van der Waals surface area (Å²) in [6.07, 6.45) is 5.35. The maximum Gasteiger partial charge on any atom is 0.253 e. The molecule has 4 aromatic rings. The van der Waals surface area contributed by atoms with Gasteiger partial charge in [0.2, 0.25) is 0 Å². The second-order valence-electron chi connectivity index (χ2n) is 8.46. The molecule has 1 amide bonds. The van der Waals surface area contributed by atoms with E-state index < -0.39 is 0 Å². The van der Waals surface area contributed by atoms with E-state index in [1.54, 1.807) is 19.0 Å². The number of benzene rings is 2. The monoisotopic (exact) mass is 411 g/mol. The van der Waals surface area contributed by atoms with Crippen LogP contribution in [0.15, 0.2) is 54.7 Å². The third kappa shape index (κ3) is 3.69. The van der Waals surface area contributed by atoms with Gasteiger partial charge in [0.1, 0.15) is 11.3 Å². The standard InChI is InChI=1S/C25H25N5O/c1-29(2)25(31)17-11-12-19-20-15-26-22(13-16-9-10-16)28-23(20)24(27-21(19)14-17)30(3)18-7-5-4-6-8-18/h4-8,11-12,14-16H,9-10,13H2,1-3H3. The molecular weight excluding hydrogens is 386 g/mol. The molecule has 2 heterocycles. The number of anilines is 2. The van der Waals surface area contributed by atoms with Crippen molar-refractivity contribution in [2.45, 2.75) is 19.3 Å². The molecule has 1 aliphatic carbocycles. The van der Waals surface area contributed by atoms with Crippen molar-refractivity contribution in [2.75, 3.05) is 26.0 Å². The number of aromatic nitrogens is 3. The van der Waals surface area contributed by atoms with Crippen molar-refractivity contribution in [3.05, 3.63) is 66.1 Å². The molecular formula is C25H25N5O. The van der Waals surface area contributed by atoms with Crippen LogP contribution in [0.4, 0.5) is 11.5 Å². The van der Waals surface area contributed by atoms with Crippen LogP contribution in [0.2, 0.25) is 0 Å². The quantitative estimate of drug-likeness (QED) is 0.449. The Labute approximate surface area is 181 Å². The van der Waals surface area contributed by atoms with Gasteiger partial charge in [-0.05, 0) is 43.0 Å². The van der Waals surface area contributed by atoms with Gasteiger partial charge in [-0.25, -0.2) is 15.0 Å². The maximum atomic E-state index is 12.5. The van der Waals surface area contributed by atoms with E-state index in [-0.39, 0.29) is 5.91 Å². The van der Waals surface area contributed by atoms with Gasteiger partial charge in [-0.15, -0.1) is 0 Å². The van der Waals surface area contributed by atoms with Gasteiger partial charge in [0.05, 0.1) is 5.52 Å². The van der Waals surface area contributed by atoms with Crippen LogP contribution in [0, 0.1) is 5.92 Å². The minimum absolute atomic E-state index is 0.0437. The largest absolute Gasteiger partial charge is 0.345 e. The van der Waals surface area contributed by atoms with Crippen LogP contribution in [0.1, 0.15) is 29.0 Å². The summed E-state index contributed by atoms with van der Waals surface area (Å²) in [5, 5.41) is 1.90. The van der Waals surface area contributed by atoms with E-state index in [2.05, 4.69) is 22.0 Å². The van der Waals surface area contributed by atoms with Gasteiger partial charge in [0, 0.05) is 55.8 Å². The van der Waals surface area contributed by atoms with Crippen LogP contribution in [0.5, 0.6) is 0 Å². The number of hydrogen-bond acceptors (Lipinski definition) is 5. The molecule has 6 heteroatoms. The second-order valence-corrected chi connectivity index (χ2v) is 8.46. The number of nitrogens with zero attached hydrogens (tertiary/aromatic N) is 5. The number of pyridine rings is 1. The Morgan fingerprint density at radius 2 is 1.77 bits per heavy atom. The molecule has 0 bridgehead atoms. The first kappa shape index (κ1) is 19.4. The van der Waals surface area contributed by atoms with E-state index in [0.717, 1.165) is 45.6 Å². The first-order valence-corrected chi connectivity index (χ1v) is 10.6. The van der Waals surface area contributed by atoms with Crippen molar-refractivity contribution in [1.82, 2.24) is 19.9 Å². The summed E-state index contributed by atoms with van der Waals surface area (Å²) < 4.78 is 0.